The first-order valence-electron chi connectivity index (χ1n) is 3.78. The molecule has 0 aromatic heterocycles. The number of rotatable bonds is 4. The van der Waals surface area contributed by atoms with Gasteiger partial charge in [-0.1, -0.05) is 17.5 Å². The Morgan fingerprint density at radius 3 is 2.27 bits per heavy atom. The SMILES string of the molecule is [B]CC(=C(C)C)C(O)CCO. The quantitative estimate of drug-likeness (QED) is 0.461. The topological polar surface area (TPSA) is 40.5 Å². The van der Waals surface area contributed by atoms with Crippen molar-refractivity contribution >= 4 is 7.85 Å². The third kappa shape index (κ3) is 3.58. The molecule has 0 aromatic carbocycles. The van der Waals surface area contributed by atoms with Gasteiger partial charge in [0.25, 0.3) is 0 Å². The minimum Gasteiger partial charge on any atom is -0.396 e. The molecule has 0 fully saturated rings. The molecule has 3 heteroatoms. The third-order valence-corrected chi connectivity index (χ3v) is 1.67. The molecule has 0 aliphatic rings. The fourth-order valence-electron chi connectivity index (χ4n) is 0.970. The molecule has 0 heterocycles. The van der Waals surface area contributed by atoms with E-state index in [1.54, 1.807) is 0 Å². The highest BCUT2D eigenvalue weighted by Gasteiger charge is 2.08. The van der Waals surface area contributed by atoms with Crippen LogP contribution in [-0.4, -0.2) is 30.8 Å². The number of hydrogen-bond acceptors (Lipinski definition) is 2. The van der Waals surface area contributed by atoms with Gasteiger partial charge in [0.05, 0.1) is 14.0 Å². The van der Waals surface area contributed by atoms with Gasteiger partial charge in [-0.3, -0.25) is 0 Å². The molecule has 2 N–H and O–H groups in total. The molecule has 2 radical (unpaired) electrons. The first-order valence-corrected chi connectivity index (χ1v) is 3.78. The van der Waals surface area contributed by atoms with E-state index >= 15 is 0 Å². The summed E-state index contributed by atoms with van der Waals surface area (Å²) >= 11 is 0. The maximum absolute atomic E-state index is 9.38. The standard InChI is InChI=1S/C8H15BO2/c1-6(2)7(5-9)8(11)3-4-10/h8,10-11H,3-5H2,1-2H3. The van der Waals surface area contributed by atoms with Gasteiger partial charge in [-0.2, -0.15) is 0 Å². The number of hydrogen-bond donors (Lipinski definition) is 2. The predicted molar refractivity (Wildman–Crippen MR) is 46.6 cm³/mol. The summed E-state index contributed by atoms with van der Waals surface area (Å²) in [5, 5.41) is 17.9. The maximum atomic E-state index is 9.38. The fraction of sp³-hybridized carbons (Fsp3) is 0.750. The molecule has 1 atom stereocenters. The van der Waals surface area contributed by atoms with Crippen molar-refractivity contribution < 1.29 is 10.2 Å². The molecule has 0 aliphatic heterocycles. The van der Waals surface area contributed by atoms with Gasteiger partial charge in [0.15, 0.2) is 0 Å². The van der Waals surface area contributed by atoms with Gasteiger partial charge in [0, 0.05) is 13.0 Å². The second kappa shape index (κ2) is 5.39. The van der Waals surface area contributed by atoms with Gasteiger partial charge in [0.2, 0.25) is 0 Å². The molecule has 62 valence electrons. The van der Waals surface area contributed by atoms with Gasteiger partial charge in [0.1, 0.15) is 0 Å². The first-order chi connectivity index (χ1) is 5.13. The van der Waals surface area contributed by atoms with E-state index in [1.807, 2.05) is 13.8 Å². The summed E-state index contributed by atoms with van der Waals surface area (Å²) in [5.74, 6) is 0. The Labute approximate surface area is 69.3 Å². The van der Waals surface area contributed by atoms with E-state index in [2.05, 4.69) is 0 Å². The molecule has 1 unspecified atom stereocenters. The van der Waals surface area contributed by atoms with Crippen LogP contribution >= 0.6 is 0 Å². The van der Waals surface area contributed by atoms with E-state index in [0.29, 0.717) is 12.7 Å². The second-order valence-electron chi connectivity index (χ2n) is 2.76. The highest BCUT2D eigenvalue weighted by Crippen LogP contribution is 2.14. The van der Waals surface area contributed by atoms with Crippen LogP contribution in [0.5, 0.6) is 0 Å². The maximum Gasteiger partial charge on any atom is 0.0767 e. The fourth-order valence-corrected chi connectivity index (χ4v) is 0.970. The molecule has 11 heavy (non-hydrogen) atoms. The van der Waals surface area contributed by atoms with Crippen LogP contribution in [0, 0.1) is 0 Å². The van der Waals surface area contributed by atoms with Crippen LogP contribution in [0.15, 0.2) is 11.1 Å². The van der Waals surface area contributed by atoms with Crippen LogP contribution in [0.2, 0.25) is 6.32 Å². The van der Waals surface area contributed by atoms with E-state index in [0.717, 1.165) is 11.1 Å². The van der Waals surface area contributed by atoms with E-state index in [-0.39, 0.29) is 6.61 Å². The van der Waals surface area contributed by atoms with Crippen LogP contribution < -0.4 is 0 Å². The van der Waals surface area contributed by atoms with Crippen LogP contribution in [0.1, 0.15) is 20.3 Å². The Balaban J connectivity index is 4.15. The van der Waals surface area contributed by atoms with E-state index < -0.39 is 6.10 Å². The minimum atomic E-state index is -0.574. The molecule has 0 amide bonds. The summed E-state index contributed by atoms with van der Waals surface area (Å²) in [5.41, 5.74) is 1.87. The van der Waals surface area contributed by atoms with Gasteiger partial charge in [-0.15, -0.1) is 0 Å². The Morgan fingerprint density at radius 2 is 2.00 bits per heavy atom. The Hall–Kier alpha value is -0.275. The van der Waals surface area contributed by atoms with Gasteiger partial charge >= 0.3 is 0 Å². The third-order valence-electron chi connectivity index (χ3n) is 1.67. The summed E-state index contributed by atoms with van der Waals surface area (Å²) in [7, 11) is 5.41. The van der Waals surface area contributed by atoms with Crippen molar-refractivity contribution in [3.05, 3.63) is 11.1 Å². The van der Waals surface area contributed by atoms with Gasteiger partial charge in [-0.05, 0) is 13.8 Å². The Morgan fingerprint density at radius 1 is 1.45 bits per heavy atom. The average molecular weight is 154 g/mol. The molecule has 0 spiro atoms. The van der Waals surface area contributed by atoms with Crippen molar-refractivity contribution in [3.63, 3.8) is 0 Å². The van der Waals surface area contributed by atoms with Crippen molar-refractivity contribution in [3.8, 4) is 0 Å². The summed E-state index contributed by atoms with van der Waals surface area (Å²) < 4.78 is 0. The zero-order valence-electron chi connectivity index (χ0n) is 7.17. The van der Waals surface area contributed by atoms with Crippen molar-refractivity contribution in [1.29, 1.82) is 0 Å². The van der Waals surface area contributed by atoms with Crippen LogP contribution in [0.4, 0.5) is 0 Å². The number of aliphatic hydroxyl groups excluding tert-OH is 2. The lowest BCUT2D eigenvalue weighted by Crippen LogP contribution is -2.13. The van der Waals surface area contributed by atoms with E-state index in [9.17, 15) is 5.11 Å². The minimum absolute atomic E-state index is 0.00204. The van der Waals surface area contributed by atoms with E-state index in [4.69, 9.17) is 13.0 Å². The lowest BCUT2D eigenvalue weighted by molar-refractivity contribution is 0.160. The van der Waals surface area contributed by atoms with Crippen molar-refractivity contribution in [2.75, 3.05) is 6.61 Å². The van der Waals surface area contributed by atoms with Crippen LogP contribution in [0.3, 0.4) is 0 Å². The van der Waals surface area contributed by atoms with Gasteiger partial charge < -0.3 is 10.2 Å². The van der Waals surface area contributed by atoms with Crippen molar-refractivity contribution in [1.82, 2.24) is 0 Å². The van der Waals surface area contributed by atoms with Gasteiger partial charge in [-0.25, -0.2) is 0 Å². The summed E-state index contributed by atoms with van der Waals surface area (Å²) in [4.78, 5) is 0. The highest BCUT2D eigenvalue weighted by molar-refractivity contribution is 6.10. The van der Waals surface area contributed by atoms with Crippen molar-refractivity contribution in [2.45, 2.75) is 32.7 Å². The molecule has 0 aliphatic carbocycles. The zero-order valence-corrected chi connectivity index (χ0v) is 7.17. The molecule has 0 saturated carbocycles. The Kier molecular flexibility index (Phi) is 5.25. The largest absolute Gasteiger partial charge is 0.396 e. The zero-order chi connectivity index (χ0) is 8.85. The summed E-state index contributed by atoms with van der Waals surface area (Å²) in [6.07, 6.45) is 0.163. The number of allylic oxidation sites excluding steroid dienone is 1. The second-order valence-corrected chi connectivity index (χ2v) is 2.76. The predicted octanol–water partition coefficient (Wildman–Crippen LogP) is 0.653. The molecule has 0 rings (SSSR count). The summed E-state index contributed by atoms with van der Waals surface area (Å²) in [6.45, 7) is 3.81. The first kappa shape index (κ1) is 10.7. The molecule has 0 aromatic rings. The molecular weight excluding hydrogens is 139 g/mol. The van der Waals surface area contributed by atoms with Crippen LogP contribution in [0.25, 0.3) is 0 Å². The number of aliphatic hydroxyl groups is 2. The molecule has 2 nitrogen and oxygen atoms in total. The molecule has 0 saturated heterocycles. The average Bonchev–Trinajstić information content (AvgIpc) is 1.88. The lowest BCUT2D eigenvalue weighted by Gasteiger charge is -2.14. The van der Waals surface area contributed by atoms with Crippen LogP contribution in [-0.2, 0) is 0 Å². The molecule has 0 bridgehead atoms. The normalized spacial score (nSPS) is 12.7. The Bertz CT molecular complexity index is 139. The smallest absolute Gasteiger partial charge is 0.0767 e. The molecular formula is C8H15BO2. The highest BCUT2D eigenvalue weighted by atomic mass is 16.3. The monoisotopic (exact) mass is 154 g/mol. The van der Waals surface area contributed by atoms with E-state index in [1.165, 1.54) is 0 Å². The lowest BCUT2D eigenvalue weighted by atomic mass is 9.89. The summed E-state index contributed by atoms with van der Waals surface area (Å²) in [6, 6.07) is 0. The van der Waals surface area contributed by atoms with Crippen molar-refractivity contribution in [2.24, 2.45) is 0 Å².